The van der Waals surface area contributed by atoms with Crippen LogP contribution >= 0.6 is 15.9 Å². The average Bonchev–Trinajstić information content (AvgIpc) is 2.59. The number of hydrogen-bond donors (Lipinski definition) is 2. The molecule has 0 aliphatic heterocycles. The zero-order valence-corrected chi connectivity index (χ0v) is 15.7. The van der Waals surface area contributed by atoms with Crippen molar-refractivity contribution in [2.75, 3.05) is 5.32 Å². The molecule has 0 fully saturated rings. The highest BCUT2D eigenvalue weighted by atomic mass is 79.9. The average molecular weight is 442 g/mol. The van der Waals surface area contributed by atoms with E-state index in [1.54, 1.807) is 24.3 Å². The van der Waals surface area contributed by atoms with Crippen LogP contribution in [0.2, 0.25) is 0 Å². The molecule has 0 radical (unpaired) electrons. The second-order valence-electron chi connectivity index (χ2n) is 5.57. The van der Waals surface area contributed by atoms with Gasteiger partial charge in [0.25, 0.3) is 5.91 Å². The molecule has 2 aromatic rings. The van der Waals surface area contributed by atoms with E-state index in [4.69, 9.17) is 0 Å². The second-order valence-corrected chi connectivity index (χ2v) is 6.43. The number of amides is 2. The van der Waals surface area contributed by atoms with Gasteiger partial charge < -0.3 is 5.32 Å². The molecule has 2 N–H and O–H groups in total. The van der Waals surface area contributed by atoms with E-state index in [9.17, 15) is 22.8 Å². The Labute approximate surface area is 161 Å². The Hall–Kier alpha value is -2.68. The fourth-order valence-corrected chi connectivity index (χ4v) is 2.57. The first-order chi connectivity index (χ1) is 12.7. The molecule has 142 valence electrons. The predicted octanol–water partition coefficient (Wildman–Crippen LogP) is 4.60. The number of carbonyl (C=O) groups is 2. The van der Waals surface area contributed by atoms with Gasteiger partial charge in [0.1, 0.15) is 0 Å². The van der Waals surface area contributed by atoms with Crippen LogP contribution in [0.3, 0.4) is 0 Å². The summed E-state index contributed by atoms with van der Waals surface area (Å²) in [5.41, 5.74) is 2.17. The minimum Gasteiger partial charge on any atom is -0.326 e. The van der Waals surface area contributed by atoms with Crippen molar-refractivity contribution in [1.82, 2.24) is 5.43 Å². The molecule has 2 rings (SSSR count). The molecule has 0 aliphatic rings. The van der Waals surface area contributed by atoms with E-state index < -0.39 is 23.6 Å². The van der Waals surface area contributed by atoms with Gasteiger partial charge in [-0.1, -0.05) is 18.2 Å². The first-order valence-corrected chi connectivity index (χ1v) is 8.51. The van der Waals surface area contributed by atoms with Gasteiger partial charge in [0.2, 0.25) is 5.91 Å². The third-order valence-electron chi connectivity index (χ3n) is 3.36. The summed E-state index contributed by atoms with van der Waals surface area (Å²) in [6, 6.07) is 11.1. The SMILES string of the molecule is C/C(CC(=O)Nc1cccc(C(F)(F)F)c1)=N/NC(=O)c1ccccc1Br. The van der Waals surface area contributed by atoms with Crippen LogP contribution in [-0.2, 0) is 11.0 Å². The van der Waals surface area contributed by atoms with Gasteiger partial charge in [-0.25, -0.2) is 5.43 Å². The zero-order valence-electron chi connectivity index (χ0n) is 14.1. The van der Waals surface area contributed by atoms with Crippen LogP contribution in [0.15, 0.2) is 58.1 Å². The van der Waals surface area contributed by atoms with Crippen LogP contribution in [-0.4, -0.2) is 17.5 Å². The molecule has 0 aliphatic carbocycles. The lowest BCUT2D eigenvalue weighted by Crippen LogP contribution is -2.22. The van der Waals surface area contributed by atoms with Gasteiger partial charge in [-0.2, -0.15) is 18.3 Å². The minimum atomic E-state index is -4.49. The number of nitrogens with one attached hydrogen (secondary N) is 2. The van der Waals surface area contributed by atoms with Crippen LogP contribution in [0.1, 0.15) is 29.3 Å². The molecule has 2 amide bonds. The fourth-order valence-electron chi connectivity index (χ4n) is 2.10. The molecule has 0 bridgehead atoms. The predicted molar refractivity (Wildman–Crippen MR) is 99.4 cm³/mol. The van der Waals surface area contributed by atoms with Gasteiger partial charge in [0.05, 0.1) is 17.5 Å². The first kappa shape index (κ1) is 20.6. The maximum atomic E-state index is 12.7. The van der Waals surface area contributed by atoms with Crippen molar-refractivity contribution in [1.29, 1.82) is 0 Å². The molecular weight excluding hydrogens is 427 g/mol. The standard InChI is InChI=1S/C18H15BrF3N3O2/c1-11(24-25-17(27)14-7-2-3-8-15(14)19)9-16(26)23-13-6-4-5-12(10-13)18(20,21)22/h2-8,10H,9H2,1H3,(H,23,26)(H,25,27)/b24-11-. The van der Waals surface area contributed by atoms with E-state index in [1.165, 1.54) is 19.1 Å². The molecule has 0 saturated heterocycles. The second kappa shape index (κ2) is 8.81. The van der Waals surface area contributed by atoms with Crippen LogP contribution in [0.4, 0.5) is 18.9 Å². The van der Waals surface area contributed by atoms with Crippen LogP contribution in [0.25, 0.3) is 0 Å². The van der Waals surface area contributed by atoms with Crippen molar-refractivity contribution in [2.24, 2.45) is 5.10 Å². The topological polar surface area (TPSA) is 70.6 Å². The number of anilines is 1. The van der Waals surface area contributed by atoms with Crippen molar-refractivity contribution in [2.45, 2.75) is 19.5 Å². The monoisotopic (exact) mass is 441 g/mol. The van der Waals surface area contributed by atoms with E-state index in [0.29, 0.717) is 15.7 Å². The molecule has 27 heavy (non-hydrogen) atoms. The van der Waals surface area contributed by atoms with E-state index >= 15 is 0 Å². The van der Waals surface area contributed by atoms with E-state index in [-0.39, 0.29) is 12.1 Å². The molecule has 5 nitrogen and oxygen atoms in total. The summed E-state index contributed by atoms with van der Waals surface area (Å²) in [5.74, 6) is -1.01. The lowest BCUT2D eigenvalue weighted by Gasteiger charge is -2.10. The highest BCUT2D eigenvalue weighted by Crippen LogP contribution is 2.30. The number of nitrogens with zero attached hydrogens (tertiary/aromatic N) is 1. The first-order valence-electron chi connectivity index (χ1n) is 7.72. The molecule has 0 heterocycles. The Bertz CT molecular complexity index is 882. The molecule has 0 saturated carbocycles. The summed E-state index contributed by atoms with van der Waals surface area (Å²) in [5, 5.41) is 6.21. The third kappa shape index (κ3) is 6.21. The van der Waals surface area contributed by atoms with Crippen LogP contribution in [0, 0.1) is 0 Å². The summed E-state index contributed by atoms with van der Waals surface area (Å²) in [6.07, 6.45) is -4.68. The van der Waals surface area contributed by atoms with Crippen molar-refractivity contribution in [3.63, 3.8) is 0 Å². The van der Waals surface area contributed by atoms with Gasteiger partial charge in [-0.3, -0.25) is 9.59 Å². The van der Waals surface area contributed by atoms with Gasteiger partial charge in [-0.15, -0.1) is 0 Å². The highest BCUT2D eigenvalue weighted by Gasteiger charge is 2.30. The molecule has 9 heteroatoms. The Morgan fingerprint density at radius 2 is 1.81 bits per heavy atom. The van der Waals surface area contributed by atoms with Gasteiger partial charge in [-0.05, 0) is 53.2 Å². The molecule has 0 unspecified atom stereocenters. The summed E-state index contributed by atoms with van der Waals surface area (Å²) in [6.45, 7) is 1.52. The maximum Gasteiger partial charge on any atom is 0.416 e. The normalized spacial score (nSPS) is 11.8. The zero-order chi connectivity index (χ0) is 20.0. The maximum absolute atomic E-state index is 12.7. The minimum absolute atomic E-state index is 0.0277. The Morgan fingerprint density at radius 1 is 1.11 bits per heavy atom. The van der Waals surface area contributed by atoms with Crippen LogP contribution in [0.5, 0.6) is 0 Å². The van der Waals surface area contributed by atoms with Gasteiger partial charge in [0.15, 0.2) is 0 Å². The number of halogens is 4. The van der Waals surface area contributed by atoms with Crippen molar-refractivity contribution in [3.05, 3.63) is 64.1 Å². The molecule has 0 aromatic heterocycles. The number of benzene rings is 2. The summed E-state index contributed by atoms with van der Waals surface area (Å²) in [4.78, 5) is 24.0. The summed E-state index contributed by atoms with van der Waals surface area (Å²) in [7, 11) is 0. The van der Waals surface area contributed by atoms with E-state index in [1.807, 2.05) is 0 Å². The number of hydrazone groups is 1. The van der Waals surface area contributed by atoms with E-state index in [0.717, 1.165) is 12.1 Å². The van der Waals surface area contributed by atoms with E-state index in [2.05, 4.69) is 31.8 Å². The highest BCUT2D eigenvalue weighted by molar-refractivity contribution is 9.10. The van der Waals surface area contributed by atoms with Crippen molar-refractivity contribution >= 4 is 39.1 Å². The number of carbonyl (C=O) groups excluding carboxylic acids is 2. The lowest BCUT2D eigenvalue weighted by molar-refractivity contribution is -0.137. The summed E-state index contributed by atoms with van der Waals surface area (Å²) < 4.78 is 38.6. The summed E-state index contributed by atoms with van der Waals surface area (Å²) >= 11 is 3.25. The van der Waals surface area contributed by atoms with Crippen molar-refractivity contribution < 1.29 is 22.8 Å². The van der Waals surface area contributed by atoms with Gasteiger partial charge >= 0.3 is 6.18 Å². The quantitative estimate of drug-likeness (QED) is 0.525. The fraction of sp³-hybridized carbons (Fsp3) is 0.167. The smallest absolute Gasteiger partial charge is 0.326 e. The Morgan fingerprint density at radius 3 is 2.48 bits per heavy atom. The molecule has 0 spiro atoms. The molecule has 0 atom stereocenters. The third-order valence-corrected chi connectivity index (χ3v) is 4.05. The Balaban J connectivity index is 1.94. The van der Waals surface area contributed by atoms with Gasteiger partial charge in [0, 0.05) is 15.9 Å². The molecule has 2 aromatic carbocycles. The lowest BCUT2D eigenvalue weighted by atomic mass is 10.2. The van der Waals surface area contributed by atoms with Crippen molar-refractivity contribution in [3.8, 4) is 0 Å². The Kier molecular flexibility index (Phi) is 6.73. The number of rotatable bonds is 5. The molecular formula is C18H15BrF3N3O2. The largest absolute Gasteiger partial charge is 0.416 e. The van der Waals surface area contributed by atoms with Crippen LogP contribution < -0.4 is 10.7 Å². The number of hydrogen-bond acceptors (Lipinski definition) is 3. The number of alkyl halides is 3.